The Morgan fingerprint density at radius 1 is 1.00 bits per heavy atom. The minimum absolute atomic E-state index is 0.244. The fraction of sp³-hybridized carbons (Fsp3) is 0.367. The summed E-state index contributed by atoms with van der Waals surface area (Å²) in [6, 6.07) is 19.2. The SMILES string of the molecule is CNc1ncnc2c1ccn2[C@@H]1C[C@H](C(=O)NCCCNCCc2cccc(Oc3ccccc3)c2)[C@@H](O)[C@H]1O. The van der Waals surface area contributed by atoms with E-state index in [0.717, 1.165) is 42.8 Å². The summed E-state index contributed by atoms with van der Waals surface area (Å²) in [7, 11) is 1.78. The molecule has 0 bridgehead atoms. The van der Waals surface area contributed by atoms with Crippen LogP contribution in [0.2, 0.25) is 0 Å². The van der Waals surface area contributed by atoms with Gasteiger partial charge < -0.3 is 35.5 Å². The molecule has 1 amide bonds. The summed E-state index contributed by atoms with van der Waals surface area (Å²) < 4.78 is 7.74. The Balaban J connectivity index is 1.04. The first-order valence-electron chi connectivity index (χ1n) is 13.7. The third-order valence-electron chi connectivity index (χ3n) is 7.39. The molecule has 0 saturated heterocycles. The molecule has 0 aliphatic heterocycles. The molecule has 0 unspecified atom stereocenters. The van der Waals surface area contributed by atoms with Crippen LogP contribution in [-0.4, -0.2) is 69.5 Å². The maximum absolute atomic E-state index is 12.9. The van der Waals surface area contributed by atoms with E-state index >= 15 is 0 Å². The van der Waals surface area contributed by atoms with Crippen LogP contribution in [0.5, 0.6) is 11.5 Å². The quantitative estimate of drug-likeness (QED) is 0.172. The lowest BCUT2D eigenvalue weighted by atomic mass is 10.0. The second-order valence-corrected chi connectivity index (χ2v) is 10.0. The monoisotopic (exact) mass is 544 g/mol. The number of ether oxygens (including phenoxy) is 1. The van der Waals surface area contributed by atoms with Gasteiger partial charge in [-0.05, 0) is 68.2 Å². The number of aliphatic hydroxyl groups is 2. The van der Waals surface area contributed by atoms with E-state index in [2.05, 4.69) is 32.0 Å². The van der Waals surface area contributed by atoms with Crippen LogP contribution in [0, 0.1) is 5.92 Å². The van der Waals surface area contributed by atoms with Crippen LogP contribution in [0.15, 0.2) is 73.2 Å². The number of carbonyl (C=O) groups is 1. The summed E-state index contributed by atoms with van der Waals surface area (Å²) in [5.74, 6) is 1.37. The van der Waals surface area contributed by atoms with Crippen molar-refractivity contribution in [1.82, 2.24) is 25.2 Å². The number of carbonyl (C=O) groups excluding carboxylic acids is 1. The lowest BCUT2D eigenvalue weighted by Crippen LogP contribution is -2.39. The Morgan fingerprint density at radius 2 is 1.82 bits per heavy atom. The summed E-state index contributed by atoms with van der Waals surface area (Å²) in [6.45, 7) is 2.05. The molecular formula is C30H36N6O4. The third kappa shape index (κ3) is 6.25. The first-order valence-corrected chi connectivity index (χ1v) is 13.7. The van der Waals surface area contributed by atoms with Gasteiger partial charge in [0.15, 0.2) is 0 Å². The van der Waals surface area contributed by atoms with Crippen molar-refractivity contribution in [3.63, 3.8) is 0 Å². The Morgan fingerprint density at radius 3 is 2.65 bits per heavy atom. The van der Waals surface area contributed by atoms with Crippen molar-refractivity contribution in [3.05, 3.63) is 78.8 Å². The molecule has 5 rings (SSSR count). The predicted octanol–water partition coefficient (Wildman–Crippen LogP) is 2.89. The molecule has 1 saturated carbocycles. The second-order valence-electron chi connectivity index (χ2n) is 10.0. The van der Waals surface area contributed by atoms with Crippen molar-refractivity contribution >= 4 is 22.8 Å². The van der Waals surface area contributed by atoms with Gasteiger partial charge in [0.1, 0.15) is 35.4 Å². The molecule has 1 fully saturated rings. The van der Waals surface area contributed by atoms with Crippen LogP contribution in [-0.2, 0) is 11.2 Å². The smallest absolute Gasteiger partial charge is 0.225 e. The largest absolute Gasteiger partial charge is 0.457 e. The van der Waals surface area contributed by atoms with Gasteiger partial charge in [0.25, 0.3) is 0 Å². The van der Waals surface area contributed by atoms with E-state index in [1.807, 2.05) is 65.4 Å². The van der Waals surface area contributed by atoms with Crippen molar-refractivity contribution < 1.29 is 19.7 Å². The van der Waals surface area contributed by atoms with E-state index in [1.54, 1.807) is 7.05 Å². The standard InChI is InChI=1S/C30H36N6O4/c1-31-28-23-12-16-36(29(23)35-19-34-28)25-18-24(26(37)27(25)38)30(39)33-14-6-13-32-15-11-20-7-5-10-22(17-20)40-21-8-3-2-4-9-21/h2-5,7-10,12,16-17,19,24-27,32,37-38H,6,11,13-15,18H2,1H3,(H,33,39)(H,31,34,35)/t24-,25+,26+,27-/m0/s1. The number of amides is 1. The second kappa shape index (κ2) is 12.9. The minimum Gasteiger partial charge on any atom is -0.457 e. The highest BCUT2D eigenvalue weighted by atomic mass is 16.5. The average molecular weight is 545 g/mol. The Bertz CT molecular complexity index is 1410. The van der Waals surface area contributed by atoms with E-state index in [0.29, 0.717) is 24.4 Å². The maximum atomic E-state index is 12.9. The zero-order valence-electron chi connectivity index (χ0n) is 22.5. The topological polar surface area (TPSA) is 134 Å². The molecule has 5 N–H and O–H groups in total. The van der Waals surface area contributed by atoms with Gasteiger partial charge in [0.2, 0.25) is 5.91 Å². The van der Waals surface area contributed by atoms with E-state index in [9.17, 15) is 15.0 Å². The van der Waals surface area contributed by atoms with Crippen LogP contribution >= 0.6 is 0 Å². The van der Waals surface area contributed by atoms with Gasteiger partial charge in [-0.25, -0.2) is 9.97 Å². The minimum atomic E-state index is -1.15. The van der Waals surface area contributed by atoms with Crippen LogP contribution in [0.3, 0.4) is 0 Å². The normalized spacial score (nSPS) is 20.5. The van der Waals surface area contributed by atoms with Crippen molar-refractivity contribution in [3.8, 4) is 11.5 Å². The first-order chi connectivity index (χ1) is 19.5. The molecule has 1 aliphatic rings. The van der Waals surface area contributed by atoms with E-state index in [-0.39, 0.29) is 5.91 Å². The molecule has 4 atom stereocenters. The number of fused-ring (bicyclic) bond motifs is 1. The molecule has 2 aromatic carbocycles. The number of rotatable bonds is 12. The zero-order valence-corrected chi connectivity index (χ0v) is 22.5. The molecule has 40 heavy (non-hydrogen) atoms. The van der Waals surface area contributed by atoms with Crippen LogP contribution < -0.4 is 20.7 Å². The first kappa shape index (κ1) is 27.6. The van der Waals surface area contributed by atoms with Crippen molar-refractivity contribution in [1.29, 1.82) is 0 Å². The zero-order chi connectivity index (χ0) is 27.9. The summed E-state index contributed by atoms with van der Waals surface area (Å²) in [6.07, 6.45) is 3.00. The molecule has 2 heterocycles. The van der Waals surface area contributed by atoms with E-state index < -0.39 is 24.2 Å². The van der Waals surface area contributed by atoms with E-state index in [4.69, 9.17) is 4.74 Å². The molecule has 210 valence electrons. The number of anilines is 1. The summed E-state index contributed by atoms with van der Waals surface area (Å²) in [4.78, 5) is 21.4. The molecule has 2 aromatic heterocycles. The molecule has 10 nitrogen and oxygen atoms in total. The van der Waals surface area contributed by atoms with Gasteiger partial charge >= 0.3 is 0 Å². The molecular weight excluding hydrogens is 508 g/mol. The Labute approximate surface area is 233 Å². The number of hydrogen-bond donors (Lipinski definition) is 5. The molecule has 0 radical (unpaired) electrons. The number of aromatic nitrogens is 3. The fourth-order valence-corrected chi connectivity index (χ4v) is 5.29. The predicted molar refractivity (Wildman–Crippen MR) is 153 cm³/mol. The lowest BCUT2D eigenvalue weighted by Gasteiger charge is -2.19. The molecule has 4 aromatic rings. The van der Waals surface area contributed by atoms with Crippen molar-refractivity contribution in [2.24, 2.45) is 5.92 Å². The Hall–Kier alpha value is -3.99. The van der Waals surface area contributed by atoms with E-state index in [1.165, 1.54) is 11.9 Å². The van der Waals surface area contributed by atoms with Gasteiger partial charge in [-0.2, -0.15) is 0 Å². The number of benzene rings is 2. The molecule has 1 aliphatic carbocycles. The van der Waals surface area contributed by atoms with Crippen LogP contribution in [0.1, 0.15) is 24.4 Å². The summed E-state index contributed by atoms with van der Waals surface area (Å²) in [5, 5.41) is 31.6. The van der Waals surface area contributed by atoms with Crippen molar-refractivity contribution in [2.75, 3.05) is 32.0 Å². The van der Waals surface area contributed by atoms with Crippen LogP contribution in [0.4, 0.5) is 5.82 Å². The van der Waals surface area contributed by atoms with Gasteiger partial charge in [-0.15, -0.1) is 0 Å². The highest BCUT2D eigenvalue weighted by molar-refractivity contribution is 5.87. The number of para-hydroxylation sites is 1. The number of nitrogens with zero attached hydrogens (tertiary/aromatic N) is 3. The average Bonchev–Trinajstić information content (AvgIpc) is 3.53. The van der Waals surface area contributed by atoms with Crippen LogP contribution in [0.25, 0.3) is 11.0 Å². The third-order valence-corrected chi connectivity index (χ3v) is 7.39. The molecule has 0 spiro atoms. The highest BCUT2D eigenvalue weighted by Crippen LogP contribution is 2.38. The molecule has 10 heteroatoms. The number of aliphatic hydroxyl groups excluding tert-OH is 2. The lowest BCUT2D eigenvalue weighted by molar-refractivity contribution is -0.128. The maximum Gasteiger partial charge on any atom is 0.225 e. The van der Waals surface area contributed by atoms with Gasteiger partial charge in [-0.3, -0.25) is 4.79 Å². The summed E-state index contributed by atoms with van der Waals surface area (Å²) in [5.41, 5.74) is 1.83. The fourth-order valence-electron chi connectivity index (χ4n) is 5.29. The number of hydrogen-bond acceptors (Lipinski definition) is 8. The van der Waals surface area contributed by atoms with Gasteiger partial charge in [0, 0.05) is 19.8 Å². The van der Waals surface area contributed by atoms with Gasteiger partial charge in [0.05, 0.1) is 23.4 Å². The number of nitrogens with one attached hydrogen (secondary N) is 3. The van der Waals surface area contributed by atoms with Gasteiger partial charge in [-0.1, -0.05) is 30.3 Å². The highest BCUT2D eigenvalue weighted by Gasteiger charge is 2.46. The van der Waals surface area contributed by atoms with Crippen molar-refractivity contribution in [2.45, 2.75) is 37.5 Å². The Kier molecular flexibility index (Phi) is 8.90. The summed E-state index contributed by atoms with van der Waals surface area (Å²) >= 11 is 0.